The van der Waals surface area contributed by atoms with E-state index in [1.807, 2.05) is 0 Å². The van der Waals surface area contributed by atoms with Crippen molar-refractivity contribution in [3.63, 3.8) is 0 Å². The van der Waals surface area contributed by atoms with E-state index in [0.717, 1.165) is 0 Å². The predicted molar refractivity (Wildman–Crippen MR) is 116 cm³/mol. The molecule has 2 aromatic carbocycles. The number of hydrogen-bond acceptors (Lipinski definition) is 6. The zero-order valence-electron chi connectivity index (χ0n) is 18.0. The van der Waals surface area contributed by atoms with Crippen LogP contribution in [-0.4, -0.2) is 62.4 Å². The molecule has 0 atom stereocenters. The first-order valence-corrected chi connectivity index (χ1v) is 10.2. The minimum atomic E-state index is -0.331. The smallest absolute Gasteiger partial charge is 0.261 e. The van der Waals surface area contributed by atoms with Crippen molar-refractivity contribution in [3.8, 4) is 11.5 Å². The number of fused-ring (bicyclic) bond motifs is 1. The first-order chi connectivity index (χ1) is 15.4. The van der Waals surface area contributed by atoms with E-state index < -0.39 is 0 Å². The Kier molecular flexibility index (Phi) is 7.43. The van der Waals surface area contributed by atoms with Gasteiger partial charge in [0.25, 0.3) is 17.7 Å². The highest BCUT2D eigenvalue weighted by molar-refractivity contribution is 6.21. The van der Waals surface area contributed by atoms with Crippen LogP contribution in [0.5, 0.6) is 11.5 Å². The lowest BCUT2D eigenvalue weighted by molar-refractivity contribution is -0.121. The van der Waals surface area contributed by atoms with Crippen LogP contribution in [0.15, 0.2) is 42.5 Å². The summed E-state index contributed by atoms with van der Waals surface area (Å²) in [6.07, 6.45) is 0.516. The molecule has 0 radical (unpaired) electrons. The fourth-order valence-corrected chi connectivity index (χ4v) is 3.35. The molecule has 4 amide bonds. The first kappa shape index (κ1) is 22.8. The van der Waals surface area contributed by atoms with Crippen molar-refractivity contribution in [2.75, 3.05) is 33.9 Å². The molecule has 2 N–H and O–H groups in total. The predicted octanol–water partition coefficient (Wildman–Crippen LogP) is 1.63. The van der Waals surface area contributed by atoms with Crippen LogP contribution >= 0.6 is 0 Å². The fraction of sp³-hybridized carbons (Fsp3) is 0.304. The van der Waals surface area contributed by atoms with Gasteiger partial charge >= 0.3 is 0 Å². The Morgan fingerprint density at radius 1 is 0.875 bits per heavy atom. The van der Waals surface area contributed by atoms with Gasteiger partial charge in [-0.2, -0.15) is 0 Å². The lowest BCUT2D eigenvalue weighted by Gasteiger charge is -2.13. The number of carbonyl (C=O) groups is 4. The van der Waals surface area contributed by atoms with E-state index in [-0.39, 0.29) is 49.7 Å². The topological polar surface area (TPSA) is 114 Å². The highest BCUT2D eigenvalue weighted by Crippen LogP contribution is 2.23. The second-order valence-corrected chi connectivity index (χ2v) is 7.12. The third-order valence-electron chi connectivity index (χ3n) is 5.01. The normalized spacial score (nSPS) is 12.4. The molecule has 168 valence electrons. The molecule has 1 heterocycles. The second kappa shape index (κ2) is 10.4. The van der Waals surface area contributed by atoms with E-state index in [2.05, 4.69) is 10.6 Å². The van der Waals surface area contributed by atoms with E-state index in [1.54, 1.807) is 42.5 Å². The molecular formula is C23H25N3O6. The average Bonchev–Trinajstić information content (AvgIpc) is 3.06. The maximum Gasteiger partial charge on any atom is 0.261 e. The van der Waals surface area contributed by atoms with Crippen molar-refractivity contribution in [2.45, 2.75) is 12.8 Å². The first-order valence-electron chi connectivity index (χ1n) is 10.2. The van der Waals surface area contributed by atoms with Gasteiger partial charge in [-0.1, -0.05) is 12.1 Å². The SMILES string of the molecule is COc1cc(OC)cc(C(=O)NCCNC(=O)CCCN2C(=O)c3ccccc3C2=O)c1. The Morgan fingerprint density at radius 2 is 1.44 bits per heavy atom. The lowest BCUT2D eigenvalue weighted by atomic mass is 10.1. The Hall–Kier alpha value is -3.88. The van der Waals surface area contributed by atoms with Crippen LogP contribution in [0.3, 0.4) is 0 Å². The molecule has 3 rings (SSSR count). The molecule has 0 aliphatic carbocycles. The molecule has 0 fully saturated rings. The van der Waals surface area contributed by atoms with Gasteiger partial charge in [0, 0.05) is 37.7 Å². The van der Waals surface area contributed by atoms with Gasteiger partial charge in [-0.3, -0.25) is 24.1 Å². The van der Waals surface area contributed by atoms with Crippen LogP contribution in [0.25, 0.3) is 0 Å². The summed E-state index contributed by atoms with van der Waals surface area (Å²) in [5, 5.41) is 5.43. The van der Waals surface area contributed by atoms with E-state index in [0.29, 0.717) is 34.6 Å². The van der Waals surface area contributed by atoms with Crippen LogP contribution < -0.4 is 20.1 Å². The Morgan fingerprint density at radius 3 is 2.00 bits per heavy atom. The van der Waals surface area contributed by atoms with Gasteiger partial charge in [0.2, 0.25) is 5.91 Å². The summed E-state index contributed by atoms with van der Waals surface area (Å²) in [6, 6.07) is 11.5. The number of methoxy groups -OCH3 is 2. The Bertz CT molecular complexity index is 979. The summed E-state index contributed by atoms with van der Waals surface area (Å²) in [7, 11) is 3.00. The number of nitrogens with zero attached hydrogens (tertiary/aromatic N) is 1. The van der Waals surface area contributed by atoms with Gasteiger partial charge in [0.1, 0.15) is 11.5 Å². The van der Waals surface area contributed by atoms with Gasteiger partial charge in [0.15, 0.2) is 0 Å². The molecule has 0 saturated heterocycles. The van der Waals surface area contributed by atoms with Gasteiger partial charge < -0.3 is 20.1 Å². The van der Waals surface area contributed by atoms with Crippen LogP contribution in [0.2, 0.25) is 0 Å². The van der Waals surface area contributed by atoms with Crippen molar-refractivity contribution in [1.29, 1.82) is 0 Å². The maximum absolute atomic E-state index is 12.3. The van der Waals surface area contributed by atoms with Gasteiger partial charge in [-0.15, -0.1) is 0 Å². The molecule has 0 saturated carbocycles. The van der Waals surface area contributed by atoms with Crippen LogP contribution in [-0.2, 0) is 4.79 Å². The van der Waals surface area contributed by atoms with Crippen LogP contribution in [0.1, 0.15) is 43.9 Å². The third-order valence-corrected chi connectivity index (χ3v) is 5.01. The molecular weight excluding hydrogens is 414 g/mol. The minimum absolute atomic E-state index is 0.161. The second-order valence-electron chi connectivity index (χ2n) is 7.12. The number of imide groups is 1. The number of carbonyl (C=O) groups excluding carboxylic acids is 4. The van der Waals surface area contributed by atoms with Crippen molar-refractivity contribution in [3.05, 3.63) is 59.2 Å². The maximum atomic E-state index is 12.3. The molecule has 9 nitrogen and oxygen atoms in total. The van der Waals surface area contributed by atoms with Crippen molar-refractivity contribution in [2.24, 2.45) is 0 Å². The number of nitrogens with one attached hydrogen (secondary N) is 2. The molecule has 9 heteroatoms. The molecule has 0 aromatic heterocycles. The van der Waals surface area contributed by atoms with Crippen molar-refractivity contribution >= 4 is 23.6 Å². The summed E-state index contributed by atoms with van der Waals surface area (Å²) >= 11 is 0. The van der Waals surface area contributed by atoms with Gasteiger partial charge in [-0.05, 0) is 30.7 Å². The molecule has 32 heavy (non-hydrogen) atoms. The summed E-state index contributed by atoms with van der Waals surface area (Å²) < 4.78 is 10.3. The summed E-state index contributed by atoms with van der Waals surface area (Å²) in [6.45, 7) is 0.662. The molecule has 1 aliphatic heterocycles. The van der Waals surface area contributed by atoms with E-state index in [4.69, 9.17) is 9.47 Å². The summed E-state index contributed by atoms with van der Waals surface area (Å²) in [5.41, 5.74) is 1.17. The van der Waals surface area contributed by atoms with E-state index in [1.165, 1.54) is 19.1 Å². The van der Waals surface area contributed by atoms with Crippen LogP contribution in [0.4, 0.5) is 0 Å². The number of amides is 4. The molecule has 0 spiro atoms. The average molecular weight is 439 g/mol. The number of rotatable bonds is 10. The van der Waals surface area contributed by atoms with Crippen molar-refractivity contribution < 1.29 is 28.7 Å². The summed E-state index contributed by atoms with van der Waals surface area (Å²) in [5.74, 6) is -0.200. The lowest BCUT2D eigenvalue weighted by Crippen LogP contribution is -2.35. The quantitative estimate of drug-likeness (QED) is 0.430. The fourth-order valence-electron chi connectivity index (χ4n) is 3.35. The molecule has 0 bridgehead atoms. The zero-order valence-corrected chi connectivity index (χ0v) is 18.0. The monoisotopic (exact) mass is 439 g/mol. The van der Waals surface area contributed by atoms with E-state index in [9.17, 15) is 19.2 Å². The van der Waals surface area contributed by atoms with Gasteiger partial charge in [0.05, 0.1) is 25.3 Å². The highest BCUT2D eigenvalue weighted by atomic mass is 16.5. The minimum Gasteiger partial charge on any atom is -0.497 e. The Labute approximate surface area is 185 Å². The van der Waals surface area contributed by atoms with Crippen molar-refractivity contribution in [1.82, 2.24) is 15.5 Å². The van der Waals surface area contributed by atoms with Crippen LogP contribution in [0, 0.1) is 0 Å². The number of benzene rings is 2. The molecule has 1 aliphatic rings. The standard InChI is InChI=1S/C23H25N3O6/c1-31-16-12-15(13-17(14-16)32-2)21(28)25-10-9-24-20(27)8-5-11-26-22(29)18-6-3-4-7-19(18)23(26)30/h3-4,6-7,12-14H,5,8-11H2,1-2H3,(H,24,27)(H,25,28). The third kappa shape index (κ3) is 5.23. The van der Waals surface area contributed by atoms with E-state index >= 15 is 0 Å². The van der Waals surface area contributed by atoms with Gasteiger partial charge in [-0.25, -0.2) is 0 Å². The molecule has 0 unspecified atom stereocenters. The Balaban J connectivity index is 1.37. The number of ether oxygens (including phenoxy) is 2. The number of hydrogen-bond donors (Lipinski definition) is 2. The highest BCUT2D eigenvalue weighted by Gasteiger charge is 2.34. The zero-order chi connectivity index (χ0) is 23.1. The largest absolute Gasteiger partial charge is 0.497 e. The summed E-state index contributed by atoms with van der Waals surface area (Å²) in [4.78, 5) is 50.1. The molecule has 2 aromatic rings.